The monoisotopic (exact) mass is 234 g/mol. The van der Waals surface area contributed by atoms with E-state index < -0.39 is 5.82 Å². The molecule has 2 aromatic rings. The third kappa shape index (κ3) is 2.41. The van der Waals surface area contributed by atoms with Gasteiger partial charge < -0.3 is 15.8 Å². The van der Waals surface area contributed by atoms with E-state index in [0.29, 0.717) is 11.6 Å². The molecule has 3 N–H and O–H groups in total. The van der Waals surface area contributed by atoms with Crippen molar-refractivity contribution >= 4 is 17.3 Å². The smallest absolute Gasteiger partial charge is 0.173 e. The standard InChI is InChI=1S/C11H11FN4O/c1-17-7-2-3-8(12)9(6-7)16-11-10(13)14-4-5-15-11/h2-6H,1H3,(H2,13,14)(H,15,16). The molecule has 0 saturated carbocycles. The van der Waals surface area contributed by atoms with Crippen LogP contribution in [0.1, 0.15) is 0 Å². The molecule has 0 atom stereocenters. The van der Waals surface area contributed by atoms with Gasteiger partial charge in [0.25, 0.3) is 0 Å². The van der Waals surface area contributed by atoms with Crippen LogP contribution in [0.5, 0.6) is 5.75 Å². The number of benzene rings is 1. The predicted molar refractivity (Wildman–Crippen MR) is 62.7 cm³/mol. The number of anilines is 3. The second kappa shape index (κ2) is 4.65. The van der Waals surface area contributed by atoms with E-state index in [1.54, 1.807) is 0 Å². The Bertz CT molecular complexity index is 533. The highest BCUT2D eigenvalue weighted by Crippen LogP contribution is 2.25. The number of nitrogen functional groups attached to an aromatic ring is 1. The van der Waals surface area contributed by atoms with Gasteiger partial charge in [-0.2, -0.15) is 0 Å². The number of halogens is 1. The van der Waals surface area contributed by atoms with Gasteiger partial charge in [-0.25, -0.2) is 14.4 Å². The van der Waals surface area contributed by atoms with Crippen molar-refractivity contribution in [3.05, 3.63) is 36.4 Å². The molecule has 5 nitrogen and oxygen atoms in total. The first-order chi connectivity index (χ1) is 8.20. The normalized spacial score (nSPS) is 10.0. The maximum Gasteiger partial charge on any atom is 0.173 e. The molecule has 1 aromatic heterocycles. The summed E-state index contributed by atoms with van der Waals surface area (Å²) in [6, 6.07) is 4.34. The quantitative estimate of drug-likeness (QED) is 0.849. The molecule has 2 rings (SSSR count). The minimum absolute atomic E-state index is 0.203. The molecule has 0 spiro atoms. The van der Waals surface area contributed by atoms with Crippen molar-refractivity contribution in [2.75, 3.05) is 18.2 Å². The Morgan fingerprint density at radius 1 is 1.29 bits per heavy atom. The van der Waals surface area contributed by atoms with Crippen LogP contribution in [0, 0.1) is 5.82 Å². The number of nitrogens with two attached hydrogens (primary N) is 1. The summed E-state index contributed by atoms with van der Waals surface area (Å²) in [4.78, 5) is 7.81. The number of ether oxygens (including phenoxy) is 1. The molecule has 0 bridgehead atoms. The van der Waals surface area contributed by atoms with Gasteiger partial charge in [-0.05, 0) is 12.1 Å². The van der Waals surface area contributed by atoms with Crippen molar-refractivity contribution in [2.45, 2.75) is 0 Å². The number of rotatable bonds is 3. The summed E-state index contributed by atoms with van der Waals surface area (Å²) in [5, 5.41) is 2.76. The third-order valence-electron chi connectivity index (χ3n) is 2.15. The van der Waals surface area contributed by atoms with Gasteiger partial charge in [0.15, 0.2) is 11.6 Å². The van der Waals surface area contributed by atoms with Gasteiger partial charge in [0.1, 0.15) is 11.6 Å². The van der Waals surface area contributed by atoms with Gasteiger partial charge in [0.05, 0.1) is 12.8 Å². The Labute approximate surface area is 97.5 Å². The Kier molecular flexibility index (Phi) is 3.04. The van der Waals surface area contributed by atoms with E-state index in [9.17, 15) is 4.39 Å². The number of hydrogen-bond acceptors (Lipinski definition) is 5. The lowest BCUT2D eigenvalue weighted by atomic mass is 10.3. The molecule has 88 valence electrons. The fraction of sp³-hybridized carbons (Fsp3) is 0.0909. The number of nitrogens with zero attached hydrogens (tertiary/aromatic N) is 2. The lowest BCUT2D eigenvalue weighted by Gasteiger charge is -2.09. The molecule has 0 aliphatic heterocycles. The first kappa shape index (κ1) is 11.1. The Morgan fingerprint density at radius 2 is 2.06 bits per heavy atom. The second-order valence-corrected chi connectivity index (χ2v) is 3.26. The van der Waals surface area contributed by atoms with Crippen molar-refractivity contribution in [1.29, 1.82) is 0 Å². The van der Waals surface area contributed by atoms with Crippen molar-refractivity contribution in [3.63, 3.8) is 0 Å². The molecule has 0 unspecified atom stereocenters. The van der Waals surface area contributed by atoms with Crippen molar-refractivity contribution in [2.24, 2.45) is 0 Å². The predicted octanol–water partition coefficient (Wildman–Crippen LogP) is 1.95. The van der Waals surface area contributed by atoms with Crippen LogP contribution in [0.15, 0.2) is 30.6 Å². The maximum atomic E-state index is 13.5. The fourth-order valence-corrected chi connectivity index (χ4v) is 1.30. The average Bonchev–Trinajstić information content (AvgIpc) is 2.35. The maximum absolute atomic E-state index is 13.5. The van der Waals surface area contributed by atoms with Gasteiger partial charge in [-0.3, -0.25) is 0 Å². The molecule has 0 aliphatic rings. The molecule has 0 amide bonds. The zero-order valence-corrected chi connectivity index (χ0v) is 9.14. The third-order valence-corrected chi connectivity index (χ3v) is 2.15. The molecule has 0 radical (unpaired) electrons. The lowest BCUT2D eigenvalue weighted by Crippen LogP contribution is -2.02. The summed E-state index contributed by atoms with van der Waals surface area (Å²) in [5.74, 6) is 0.626. The molecule has 0 fully saturated rings. The van der Waals surface area contributed by atoms with Crippen molar-refractivity contribution in [1.82, 2.24) is 9.97 Å². The lowest BCUT2D eigenvalue weighted by molar-refractivity contribution is 0.414. The highest BCUT2D eigenvalue weighted by atomic mass is 19.1. The summed E-state index contributed by atoms with van der Waals surface area (Å²) < 4.78 is 18.5. The molecule has 1 aromatic carbocycles. The van der Waals surface area contributed by atoms with Crippen LogP contribution >= 0.6 is 0 Å². The van der Waals surface area contributed by atoms with Gasteiger partial charge in [0.2, 0.25) is 0 Å². The number of aromatic nitrogens is 2. The highest BCUT2D eigenvalue weighted by Gasteiger charge is 2.07. The van der Waals surface area contributed by atoms with Gasteiger partial charge in [0, 0.05) is 18.5 Å². The van der Waals surface area contributed by atoms with E-state index in [1.807, 2.05) is 0 Å². The van der Waals surface area contributed by atoms with Gasteiger partial charge >= 0.3 is 0 Å². The zero-order valence-electron chi connectivity index (χ0n) is 9.14. The van der Waals surface area contributed by atoms with E-state index in [1.165, 1.54) is 37.7 Å². The summed E-state index contributed by atoms with van der Waals surface area (Å²) in [6.45, 7) is 0. The topological polar surface area (TPSA) is 73.1 Å². The molecule has 17 heavy (non-hydrogen) atoms. The zero-order chi connectivity index (χ0) is 12.3. The highest BCUT2D eigenvalue weighted by molar-refractivity contribution is 5.66. The number of hydrogen-bond donors (Lipinski definition) is 2. The van der Waals surface area contributed by atoms with E-state index in [4.69, 9.17) is 10.5 Å². The number of nitrogens with one attached hydrogen (secondary N) is 1. The van der Waals surface area contributed by atoms with Crippen LogP contribution < -0.4 is 15.8 Å². The summed E-state index contributed by atoms with van der Waals surface area (Å²) >= 11 is 0. The van der Waals surface area contributed by atoms with Crippen LogP contribution in [-0.4, -0.2) is 17.1 Å². The molecule has 6 heteroatoms. The summed E-state index contributed by atoms with van der Waals surface area (Å²) in [5.41, 5.74) is 5.83. The Hall–Kier alpha value is -2.37. The molecule has 1 heterocycles. The van der Waals surface area contributed by atoms with Crippen molar-refractivity contribution in [3.8, 4) is 5.75 Å². The first-order valence-corrected chi connectivity index (χ1v) is 4.88. The van der Waals surface area contributed by atoms with Crippen LogP contribution in [0.3, 0.4) is 0 Å². The fourth-order valence-electron chi connectivity index (χ4n) is 1.30. The Morgan fingerprint density at radius 3 is 2.76 bits per heavy atom. The molecular weight excluding hydrogens is 223 g/mol. The molecule has 0 aliphatic carbocycles. The minimum Gasteiger partial charge on any atom is -0.497 e. The Balaban J connectivity index is 2.32. The minimum atomic E-state index is -0.421. The first-order valence-electron chi connectivity index (χ1n) is 4.88. The van der Waals surface area contributed by atoms with Crippen LogP contribution in [0.2, 0.25) is 0 Å². The van der Waals surface area contributed by atoms with E-state index in [2.05, 4.69) is 15.3 Å². The van der Waals surface area contributed by atoms with Crippen molar-refractivity contribution < 1.29 is 9.13 Å². The molecular formula is C11H11FN4O. The largest absolute Gasteiger partial charge is 0.497 e. The van der Waals surface area contributed by atoms with Crippen LogP contribution in [0.25, 0.3) is 0 Å². The van der Waals surface area contributed by atoms with E-state index in [-0.39, 0.29) is 11.5 Å². The summed E-state index contributed by atoms with van der Waals surface area (Å²) in [6.07, 6.45) is 2.93. The van der Waals surface area contributed by atoms with Crippen LogP contribution in [0.4, 0.5) is 21.7 Å². The van der Waals surface area contributed by atoms with E-state index >= 15 is 0 Å². The summed E-state index contributed by atoms with van der Waals surface area (Å²) in [7, 11) is 1.51. The number of methoxy groups -OCH3 is 1. The van der Waals surface area contributed by atoms with Gasteiger partial charge in [-0.15, -0.1) is 0 Å². The SMILES string of the molecule is COc1ccc(F)c(Nc2nccnc2N)c1. The second-order valence-electron chi connectivity index (χ2n) is 3.26. The average molecular weight is 234 g/mol. The van der Waals surface area contributed by atoms with Gasteiger partial charge in [-0.1, -0.05) is 0 Å². The van der Waals surface area contributed by atoms with E-state index in [0.717, 1.165) is 0 Å². The molecule has 0 saturated heterocycles. The van der Waals surface area contributed by atoms with Crippen LogP contribution in [-0.2, 0) is 0 Å².